The molecule has 1 atom stereocenters. The first-order valence-corrected chi connectivity index (χ1v) is 3.91. The van der Waals surface area contributed by atoms with E-state index in [1.54, 1.807) is 0 Å². The summed E-state index contributed by atoms with van der Waals surface area (Å²) in [5.74, 6) is -0.942. The van der Waals surface area contributed by atoms with Gasteiger partial charge in [0, 0.05) is 0 Å². The van der Waals surface area contributed by atoms with Gasteiger partial charge in [0.1, 0.15) is 17.4 Å². The van der Waals surface area contributed by atoms with Gasteiger partial charge in [-0.2, -0.15) is 5.10 Å². The molecule has 0 aromatic carbocycles. The number of H-pyrrole nitrogens is 1. The van der Waals surface area contributed by atoms with Crippen molar-refractivity contribution in [2.75, 3.05) is 5.73 Å². The molecule has 1 aromatic rings. The molecule has 0 bridgehead atoms. The van der Waals surface area contributed by atoms with Crippen LogP contribution >= 0.6 is 0 Å². The molecule has 7 heteroatoms. The number of hydrogen-bond donors (Lipinski definition) is 4. The van der Waals surface area contributed by atoms with Gasteiger partial charge in [-0.05, 0) is 6.92 Å². The Bertz CT molecular complexity index is 359. The van der Waals surface area contributed by atoms with Crippen LogP contribution in [0.15, 0.2) is 6.20 Å². The van der Waals surface area contributed by atoms with Gasteiger partial charge < -0.3 is 16.8 Å². The highest BCUT2D eigenvalue weighted by atomic mass is 16.2. The summed E-state index contributed by atoms with van der Waals surface area (Å²) in [5, 5.41) is 8.34. The summed E-state index contributed by atoms with van der Waals surface area (Å²) >= 11 is 0. The van der Waals surface area contributed by atoms with Crippen LogP contribution in [-0.2, 0) is 4.79 Å². The first kappa shape index (κ1) is 10.0. The average molecular weight is 197 g/mol. The number of nitrogens with one attached hydrogen (secondary N) is 2. The maximum absolute atomic E-state index is 11.4. The molecule has 76 valence electrons. The lowest BCUT2D eigenvalue weighted by molar-refractivity contribution is -0.119. The molecule has 1 aromatic heterocycles. The molecule has 0 aliphatic rings. The van der Waals surface area contributed by atoms with E-state index >= 15 is 0 Å². The number of carbonyl (C=O) groups excluding carboxylic acids is 2. The van der Waals surface area contributed by atoms with E-state index in [-0.39, 0.29) is 11.4 Å². The topological polar surface area (TPSA) is 127 Å². The van der Waals surface area contributed by atoms with Crippen molar-refractivity contribution in [3.63, 3.8) is 0 Å². The molecular formula is C7H11N5O2. The normalized spacial score (nSPS) is 12.1. The van der Waals surface area contributed by atoms with E-state index in [2.05, 4.69) is 15.5 Å². The van der Waals surface area contributed by atoms with Gasteiger partial charge in [-0.1, -0.05) is 0 Å². The van der Waals surface area contributed by atoms with Crippen molar-refractivity contribution in [3.8, 4) is 0 Å². The lowest BCUT2D eigenvalue weighted by Crippen LogP contribution is -2.42. The molecule has 1 rings (SSSR count). The Morgan fingerprint density at radius 3 is 2.71 bits per heavy atom. The van der Waals surface area contributed by atoms with Crippen LogP contribution in [0.25, 0.3) is 0 Å². The highest BCUT2D eigenvalue weighted by molar-refractivity contribution is 6.00. The molecule has 0 spiro atoms. The van der Waals surface area contributed by atoms with E-state index in [1.807, 2.05) is 0 Å². The fourth-order valence-electron chi connectivity index (χ4n) is 0.823. The summed E-state index contributed by atoms with van der Waals surface area (Å²) in [6.45, 7) is 1.48. The van der Waals surface area contributed by atoms with Crippen LogP contribution < -0.4 is 16.8 Å². The van der Waals surface area contributed by atoms with Crippen LogP contribution in [0.5, 0.6) is 0 Å². The van der Waals surface area contributed by atoms with E-state index in [0.717, 1.165) is 0 Å². The van der Waals surface area contributed by atoms with E-state index in [4.69, 9.17) is 11.5 Å². The second-order valence-corrected chi connectivity index (χ2v) is 2.79. The number of rotatable bonds is 3. The first-order chi connectivity index (χ1) is 6.52. The largest absolute Gasteiger partial charge is 0.383 e. The van der Waals surface area contributed by atoms with Crippen LogP contribution in [0.3, 0.4) is 0 Å². The van der Waals surface area contributed by atoms with Crippen LogP contribution in [0, 0.1) is 0 Å². The molecule has 2 amide bonds. The van der Waals surface area contributed by atoms with Crippen molar-refractivity contribution in [1.82, 2.24) is 15.5 Å². The highest BCUT2D eigenvalue weighted by Crippen LogP contribution is 2.05. The zero-order chi connectivity index (χ0) is 10.7. The molecule has 0 saturated carbocycles. The second kappa shape index (κ2) is 3.77. The number of amides is 2. The van der Waals surface area contributed by atoms with Gasteiger partial charge in [-0.3, -0.25) is 14.7 Å². The molecule has 7 nitrogen and oxygen atoms in total. The van der Waals surface area contributed by atoms with Crippen molar-refractivity contribution in [1.29, 1.82) is 0 Å². The second-order valence-electron chi connectivity index (χ2n) is 2.79. The van der Waals surface area contributed by atoms with Crippen molar-refractivity contribution in [3.05, 3.63) is 11.8 Å². The number of carbonyl (C=O) groups is 2. The third-order valence-electron chi connectivity index (χ3n) is 1.69. The SMILES string of the molecule is CC(NC(=O)c1cn[nH]c1N)C(N)=O. The van der Waals surface area contributed by atoms with E-state index < -0.39 is 17.9 Å². The molecule has 1 heterocycles. The molecule has 0 saturated heterocycles. The number of primary amides is 1. The van der Waals surface area contributed by atoms with Crippen molar-refractivity contribution >= 4 is 17.6 Å². The van der Waals surface area contributed by atoms with E-state index in [0.29, 0.717) is 0 Å². The molecule has 14 heavy (non-hydrogen) atoms. The predicted molar refractivity (Wildman–Crippen MR) is 49.1 cm³/mol. The Morgan fingerprint density at radius 1 is 1.64 bits per heavy atom. The Hall–Kier alpha value is -2.05. The minimum atomic E-state index is -0.739. The molecule has 0 fully saturated rings. The molecular weight excluding hydrogens is 186 g/mol. The van der Waals surface area contributed by atoms with Gasteiger partial charge in [0.15, 0.2) is 0 Å². The predicted octanol–water partition coefficient (Wildman–Crippen LogP) is -1.40. The fourth-order valence-corrected chi connectivity index (χ4v) is 0.823. The minimum Gasteiger partial charge on any atom is -0.383 e. The average Bonchev–Trinajstić information content (AvgIpc) is 2.51. The molecule has 1 unspecified atom stereocenters. The summed E-state index contributed by atoms with van der Waals surface area (Å²) in [6, 6.07) is -0.739. The van der Waals surface area contributed by atoms with Crippen LogP contribution in [0.1, 0.15) is 17.3 Å². The lowest BCUT2D eigenvalue weighted by atomic mass is 10.2. The zero-order valence-corrected chi connectivity index (χ0v) is 7.57. The van der Waals surface area contributed by atoms with Crippen molar-refractivity contribution < 1.29 is 9.59 Å². The zero-order valence-electron chi connectivity index (χ0n) is 7.57. The van der Waals surface area contributed by atoms with E-state index in [9.17, 15) is 9.59 Å². The number of aromatic amines is 1. The van der Waals surface area contributed by atoms with Crippen molar-refractivity contribution in [2.24, 2.45) is 5.73 Å². The van der Waals surface area contributed by atoms with Crippen LogP contribution in [0.4, 0.5) is 5.82 Å². The molecule has 6 N–H and O–H groups in total. The maximum Gasteiger partial charge on any atom is 0.257 e. The van der Waals surface area contributed by atoms with Gasteiger partial charge >= 0.3 is 0 Å². The van der Waals surface area contributed by atoms with Gasteiger partial charge in [-0.25, -0.2) is 0 Å². The third-order valence-corrected chi connectivity index (χ3v) is 1.69. The Kier molecular flexibility index (Phi) is 2.70. The Morgan fingerprint density at radius 2 is 2.29 bits per heavy atom. The Balaban J connectivity index is 2.69. The van der Waals surface area contributed by atoms with Gasteiger partial charge in [0.2, 0.25) is 5.91 Å². The monoisotopic (exact) mass is 197 g/mol. The van der Waals surface area contributed by atoms with Crippen molar-refractivity contribution in [2.45, 2.75) is 13.0 Å². The summed E-state index contributed by atoms with van der Waals surface area (Å²) in [4.78, 5) is 22.0. The molecule has 0 radical (unpaired) electrons. The third kappa shape index (κ3) is 2.00. The standard InChI is InChI=1S/C7H11N5O2/c1-3(6(9)13)11-7(14)4-2-10-12-5(4)8/h2-3H,1H3,(H2,9,13)(H,11,14)(H3,8,10,12). The Labute approximate surface area is 79.8 Å². The minimum absolute atomic E-state index is 0.152. The van der Waals surface area contributed by atoms with Gasteiger partial charge in [-0.15, -0.1) is 0 Å². The number of anilines is 1. The fraction of sp³-hybridized carbons (Fsp3) is 0.286. The van der Waals surface area contributed by atoms with E-state index in [1.165, 1.54) is 13.1 Å². The van der Waals surface area contributed by atoms with Crippen LogP contribution in [-0.4, -0.2) is 28.1 Å². The summed E-state index contributed by atoms with van der Waals surface area (Å²) in [7, 11) is 0. The smallest absolute Gasteiger partial charge is 0.257 e. The number of hydrogen-bond acceptors (Lipinski definition) is 4. The first-order valence-electron chi connectivity index (χ1n) is 3.91. The van der Waals surface area contributed by atoms with Gasteiger partial charge in [0.25, 0.3) is 5.91 Å². The number of aromatic nitrogens is 2. The highest BCUT2D eigenvalue weighted by Gasteiger charge is 2.16. The summed E-state index contributed by atoms with van der Waals surface area (Å²) < 4.78 is 0. The van der Waals surface area contributed by atoms with Crippen LogP contribution in [0.2, 0.25) is 0 Å². The maximum atomic E-state index is 11.4. The number of nitrogens with zero attached hydrogens (tertiary/aromatic N) is 1. The summed E-state index contributed by atoms with van der Waals surface area (Å²) in [5.41, 5.74) is 10.6. The number of nitrogens with two attached hydrogens (primary N) is 2. The van der Waals surface area contributed by atoms with Gasteiger partial charge in [0.05, 0.1) is 6.20 Å². The summed E-state index contributed by atoms with van der Waals surface area (Å²) in [6.07, 6.45) is 1.28. The number of nitrogen functional groups attached to an aromatic ring is 1. The quantitative estimate of drug-likeness (QED) is 0.475. The molecule has 0 aliphatic carbocycles. The lowest BCUT2D eigenvalue weighted by Gasteiger charge is -2.08. The molecule has 0 aliphatic heterocycles.